The Bertz CT molecular complexity index is 1110. The van der Waals surface area contributed by atoms with Crippen LogP contribution >= 0.6 is 0 Å². The van der Waals surface area contributed by atoms with Crippen molar-refractivity contribution in [3.63, 3.8) is 0 Å². The maximum Gasteiger partial charge on any atom is 0.416 e. The van der Waals surface area contributed by atoms with E-state index in [1.807, 2.05) is 0 Å². The summed E-state index contributed by atoms with van der Waals surface area (Å²) in [6.45, 7) is 0.0218. The molecule has 9 nitrogen and oxygen atoms in total. The molecule has 2 aromatic rings. The highest BCUT2D eigenvalue weighted by atomic mass is 32.2. The van der Waals surface area contributed by atoms with Crippen LogP contribution in [0.3, 0.4) is 0 Å². The molecule has 0 spiro atoms. The fourth-order valence-electron chi connectivity index (χ4n) is 3.49. The third-order valence-corrected chi connectivity index (χ3v) is 7.08. The van der Waals surface area contributed by atoms with E-state index in [0.29, 0.717) is 0 Å². The third kappa shape index (κ3) is 5.15. The number of hydrogen-bond acceptors (Lipinski definition) is 7. The number of benzene rings is 2. The van der Waals surface area contributed by atoms with Crippen LogP contribution in [0.15, 0.2) is 41.3 Å². The lowest BCUT2D eigenvalue weighted by Gasteiger charge is -2.32. The van der Waals surface area contributed by atoms with Crippen LogP contribution in [0.1, 0.15) is 28.8 Å². The normalized spacial score (nSPS) is 15.8. The van der Waals surface area contributed by atoms with Gasteiger partial charge in [0.2, 0.25) is 10.0 Å². The number of halogens is 3. The second-order valence-corrected chi connectivity index (χ2v) is 9.08. The number of alkyl halides is 3. The van der Waals surface area contributed by atoms with E-state index < -0.39 is 55.7 Å². The van der Waals surface area contributed by atoms with E-state index in [1.54, 1.807) is 0 Å². The second-order valence-electron chi connectivity index (χ2n) is 7.18. The molecule has 1 amide bonds. The Morgan fingerprint density at radius 3 is 2.24 bits per heavy atom. The zero-order valence-corrected chi connectivity index (χ0v) is 18.1. The summed E-state index contributed by atoms with van der Waals surface area (Å²) >= 11 is 0. The van der Waals surface area contributed by atoms with Crippen LogP contribution in [0.5, 0.6) is 17.2 Å². The molecule has 1 aliphatic rings. The van der Waals surface area contributed by atoms with Crippen molar-refractivity contribution < 1.29 is 46.2 Å². The fourth-order valence-corrected chi connectivity index (χ4v) is 5.14. The highest BCUT2D eigenvalue weighted by Crippen LogP contribution is 2.36. The summed E-state index contributed by atoms with van der Waals surface area (Å²) in [5, 5.41) is 18.9. The van der Waals surface area contributed by atoms with Gasteiger partial charge in [0, 0.05) is 13.1 Å². The minimum atomic E-state index is -4.46. The minimum absolute atomic E-state index is 0.0109. The van der Waals surface area contributed by atoms with E-state index in [4.69, 9.17) is 14.7 Å². The third-order valence-electron chi connectivity index (χ3n) is 5.13. The van der Waals surface area contributed by atoms with Crippen molar-refractivity contribution >= 4 is 15.9 Å². The Kier molecular flexibility index (Phi) is 7.05. The number of sulfonamides is 1. The molecule has 0 radical (unpaired) electrons. The van der Waals surface area contributed by atoms with Gasteiger partial charge in [0.1, 0.15) is 17.4 Å². The van der Waals surface area contributed by atoms with Gasteiger partial charge in [-0.1, -0.05) is 0 Å². The van der Waals surface area contributed by atoms with E-state index in [9.17, 15) is 31.5 Å². The van der Waals surface area contributed by atoms with Crippen LogP contribution < -0.4 is 15.0 Å². The van der Waals surface area contributed by atoms with E-state index in [1.165, 1.54) is 17.6 Å². The van der Waals surface area contributed by atoms with E-state index in [-0.39, 0.29) is 31.7 Å². The SMILES string of the molecule is COc1c(O)ccc(S(=O)(=O)N2CCC(Oc3ccc(C(F)(F)F)cc3)CC2)c1C(=O)NO. The van der Waals surface area contributed by atoms with Gasteiger partial charge >= 0.3 is 6.18 Å². The van der Waals surface area contributed by atoms with Crippen LogP contribution in [-0.4, -0.2) is 55.2 Å². The lowest BCUT2D eigenvalue weighted by atomic mass is 10.1. The topological polar surface area (TPSA) is 125 Å². The standard InChI is InChI=1S/C20H21F3N2O7S/c1-31-18-15(26)6-7-16(17(18)19(27)24-28)33(29,30)25-10-8-14(9-11-25)32-13-4-2-12(3-5-13)20(21,22)23/h2-7,14,26,28H,8-11H2,1H3,(H,24,27). The molecule has 0 unspecified atom stereocenters. The van der Waals surface area contributed by atoms with Gasteiger partial charge in [-0.15, -0.1) is 0 Å². The molecule has 0 aromatic heterocycles. The second kappa shape index (κ2) is 9.45. The van der Waals surface area contributed by atoms with Gasteiger partial charge in [0.15, 0.2) is 11.5 Å². The van der Waals surface area contributed by atoms with Crippen molar-refractivity contribution in [2.75, 3.05) is 20.2 Å². The molecule has 0 bridgehead atoms. The van der Waals surface area contributed by atoms with Crippen molar-refractivity contribution in [3.05, 3.63) is 47.5 Å². The lowest BCUT2D eigenvalue weighted by molar-refractivity contribution is -0.137. The number of piperidine rings is 1. The van der Waals surface area contributed by atoms with Gasteiger partial charge in [-0.3, -0.25) is 10.0 Å². The number of rotatable bonds is 6. The monoisotopic (exact) mass is 490 g/mol. The number of aromatic hydroxyl groups is 1. The van der Waals surface area contributed by atoms with Gasteiger partial charge in [0.05, 0.1) is 17.6 Å². The first-order valence-electron chi connectivity index (χ1n) is 9.67. The predicted molar refractivity (Wildman–Crippen MR) is 108 cm³/mol. The molecule has 1 saturated heterocycles. The number of ether oxygens (including phenoxy) is 2. The van der Waals surface area contributed by atoms with Crippen molar-refractivity contribution in [2.45, 2.75) is 30.0 Å². The minimum Gasteiger partial charge on any atom is -0.504 e. The van der Waals surface area contributed by atoms with E-state index >= 15 is 0 Å². The zero-order valence-electron chi connectivity index (χ0n) is 17.3. The number of carbonyl (C=O) groups is 1. The largest absolute Gasteiger partial charge is 0.504 e. The Hall–Kier alpha value is -3.03. The lowest BCUT2D eigenvalue weighted by Crippen LogP contribution is -2.42. The Balaban J connectivity index is 1.75. The molecule has 0 atom stereocenters. The number of phenols is 1. The van der Waals surface area contributed by atoms with Gasteiger partial charge in [-0.2, -0.15) is 17.5 Å². The molecule has 0 aliphatic carbocycles. The number of hydroxylamine groups is 1. The number of nitrogens with one attached hydrogen (secondary N) is 1. The summed E-state index contributed by atoms with van der Waals surface area (Å²) < 4.78 is 76.1. The molecule has 1 heterocycles. The first-order valence-corrected chi connectivity index (χ1v) is 11.1. The smallest absolute Gasteiger partial charge is 0.416 e. The highest BCUT2D eigenvalue weighted by Gasteiger charge is 2.35. The molecule has 3 N–H and O–H groups in total. The van der Waals surface area contributed by atoms with Gasteiger partial charge < -0.3 is 14.6 Å². The predicted octanol–water partition coefficient (Wildman–Crippen LogP) is 2.77. The summed E-state index contributed by atoms with van der Waals surface area (Å²) in [5.74, 6) is -1.85. The molecule has 13 heteroatoms. The molecular weight excluding hydrogens is 469 g/mol. The van der Waals surface area contributed by atoms with Crippen molar-refractivity contribution in [1.29, 1.82) is 0 Å². The summed E-state index contributed by atoms with van der Waals surface area (Å²) in [7, 11) is -3.10. The average molecular weight is 490 g/mol. The van der Waals surface area contributed by atoms with E-state index in [2.05, 4.69) is 0 Å². The first-order chi connectivity index (χ1) is 15.5. The number of nitrogens with zero attached hydrogens (tertiary/aromatic N) is 1. The maximum absolute atomic E-state index is 13.2. The number of amides is 1. The highest BCUT2D eigenvalue weighted by molar-refractivity contribution is 7.89. The average Bonchev–Trinajstić information content (AvgIpc) is 2.78. The van der Waals surface area contributed by atoms with Crippen molar-refractivity contribution in [3.8, 4) is 17.2 Å². The van der Waals surface area contributed by atoms with E-state index in [0.717, 1.165) is 35.7 Å². The molecular formula is C20H21F3N2O7S. The molecule has 3 rings (SSSR count). The summed E-state index contributed by atoms with van der Waals surface area (Å²) in [5.41, 5.74) is -0.0128. The maximum atomic E-state index is 13.2. The number of hydrogen-bond donors (Lipinski definition) is 3. The van der Waals surface area contributed by atoms with Crippen LogP contribution in [0.4, 0.5) is 13.2 Å². The quantitative estimate of drug-likeness (QED) is 0.420. The zero-order chi connectivity index (χ0) is 24.4. The van der Waals surface area contributed by atoms with Crippen LogP contribution in [-0.2, 0) is 16.2 Å². The molecule has 1 aliphatic heterocycles. The van der Waals surface area contributed by atoms with Gasteiger partial charge in [0.25, 0.3) is 5.91 Å². The first kappa shape index (κ1) is 24.6. The summed E-state index contributed by atoms with van der Waals surface area (Å²) in [4.78, 5) is 11.6. The Morgan fingerprint density at radius 2 is 1.73 bits per heavy atom. The molecule has 1 fully saturated rings. The number of carbonyl (C=O) groups excluding carboxylic acids is 1. The van der Waals surface area contributed by atoms with Crippen molar-refractivity contribution in [2.24, 2.45) is 0 Å². The molecule has 0 saturated carbocycles. The fraction of sp³-hybridized carbons (Fsp3) is 0.350. The molecule has 33 heavy (non-hydrogen) atoms. The summed E-state index contributed by atoms with van der Waals surface area (Å²) in [6, 6.07) is 6.30. The van der Waals surface area contributed by atoms with Gasteiger partial charge in [-0.25, -0.2) is 13.9 Å². The Labute approximate surface area is 187 Å². The van der Waals surface area contributed by atoms with Crippen LogP contribution in [0.25, 0.3) is 0 Å². The summed E-state index contributed by atoms with van der Waals surface area (Å²) in [6.07, 6.45) is -4.39. The van der Waals surface area contributed by atoms with Gasteiger partial charge in [-0.05, 0) is 49.2 Å². The van der Waals surface area contributed by atoms with Crippen molar-refractivity contribution in [1.82, 2.24) is 9.79 Å². The number of methoxy groups -OCH3 is 1. The molecule has 180 valence electrons. The molecule has 2 aromatic carbocycles. The Morgan fingerprint density at radius 1 is 1.12 bits per heavy atom. The number of phenolic OH excluding ortho intramolecular Hbond substituents is 1. The van der Waals surface area contributed by atoms with Crippen LogP contribution in [0, 0.1) is 0 Å². The van der Waals surface area contributed by atoms with Crippen LogP contribution in [0.2, 0.25) is 0 Å².